The molecule has 1 saturated carbocycles. The monoisotopic (exact) mass is 261 g/mol. The molecule has 2 heteroatoms. The van der Waals surface area contributed by atoms with Crippen molar-refractivity contribution in [3.05, 3.63) is 0 Å². The Bertz CT molecular complexity index is 348. The Morgan fingerprint density at radius 3 is 2.74 bits per heavy atom. The van der Waals surface area contributed by atoms with E-state index in [2.05, 4.69) is 10.8 Å². The van der Waals surface area contributed by atoms with Gasteiger partial charge in [-0.15, -0.1) is 12.3 Å². The smallest absolute Gasteiger partial charge is 0.0445 e. The number of hydrogen-bond acceptors (Lipinski definition) is 2. The zero-order valence-electron chi connectivity index (χ0n) is 11.9. The molecule has 3 fully saturated rings. The molecule has 0 radical (unpaired) electrons. The summed E-state index contributed by atoms with van der Waals surface area (Å²) in [6, 6.07) is 2.22. The van der Waals surface area contributed by atoms with Gasteiger partial charge in [-0.2, -0.15) is 0 Å². The van der Waals surface area contributed by atoms with Gasteiger partial charge in [0.15, 0.2) is 0 Å². The van der Waals surface area contributed by atoms with E-state index in [1.165, 1.54) is 44.9 Å². The molecule has 2 aliphatic heterocycles. The maximum atomic E-state index is 9.30. The molecule has 0 unspecified atom stereocenters. The number of hydrogen-bond donors (Lipinski definition) is 1. The Kier molecular flexibility index (Phi) is 4.15. The Hall–Kier alpha value is -0.520. The molecule has 0 amide bonds. The van der Waals surface area contributed by atoms with E-state index in [1.807, 2.05) is 0 Å². The molecular weight excluding hydrogens is 234 g/mol. The Morgan fingerprint density at radius 1 is 1.11 bits per heavy atom. The summed E-state index contributed by atoms with van der Waals surface area (Å²) in [5.41, 5.74) is 0. The summed E-state index contributed by atoms with van der Waals surface area (Å²) in [5, 5.41) is 9.30. The van der Waals surface area contributed by atoms with Crippen LogP contribution >= 0.6 is 0 Å². The summed E-state index contributed by atoms with van der Waals surface area (Å²) < 4.78 is 0. The topological polar surface area (TPSA) is 23.5 Å². The summed E-state index contributed by atoms with van der Waals surface area (Å²) in [7, 11) is 0. The van der Waals surface area contributed by atoms with E-state index < -0.39 is 0 Å². The fourth-order valence-electron chi connectivity index (χ4n) is 5.18. The Balaban J connectivity index is 1.76. The van der Waals surface area contributed by atoms with E-state index in [9.17, 15) is 5.11 Å². The molecule has 2 nitrogen and oxygen atoms in total. The van der Waals surface area contributed by atoms with Crippen LogP contribution in [0.2, 0.25) is 0 Å². The molecule has 0 bridgehead atoms. The molecule has 19 heavy (non-hydrogen) atoms. The zero-order valence-corrected chi connectivity index (χ0v) is 11.9. The third-order valence-corrected chi connectivity index (χ3v) is 5.91. The van der Waals surface area contributed by atoms with Crippen LogP contribution in [0.25, 0.3) is 0 Å². The summed E-state index contributed by atoms with van der Waals surface area (Å²) >= 11 is 0. The number of terminal acetylenes is 1. The van der Waals surface area contributed by atoms with Crippen LogP contribution < -0.4 is 0 Å². The number of aliphatic hydroxyl groups excluding tert-OH is 1. The second-order valence-corrected chi connectivity index (χ2v) is 6.75. The largest absolute Gasteiger partial charge is 0.396 e. The third-order valence-electron chi connectivity index (χ3n) is 5.91. The minimum Gasteiger partial charge on any atom is -0.396 e. The van der Waals surface area contributed by atoms with E-state index in [0.29, 0.717) is 12.6 Å². The van der Waals surface area contributed by atoms with E-state index in [1.54, 1.807) is 0 Å². The van der Waals surface area contributed by atoms with Gasteiger partial charge in [0.1, 0.15) is 0 Å². The molecule has 5 atom stereocenters. The fourth-order valence-corrected chi connectivity index (χ4v) is 5.18. The van der Waals surface area contributed by atoms with Gasteiger partial charge in [0, 0.05) is 31.2 Å². The highest BCUT2D eigenvalue weighted by molar-refractivity contribution is 5.03. The van der Waals surface area contributed by atoms with E-state index in [4.69, 9.17) is 6.42 Å². The minimum absolute atomic E-state index is 0.346. The van der Waals surface area contributed by atoms with Gasteiger partial charge in [0.2, 0.25) is 0 Å². The molecule has 106 valence electrons. The number of fused-ring (bicyclic) bond motifs is 3. The molecule has 2 saturated heterocycles. The van der Waals surface area contributed by atoms with E-state index in [-0.39, 0.29) is 0 Å². The summed E-state index contributed by atoms with van der Waals surface area (Å²) in [6.45, 7) is 0.346. The van der Waals surface area contributed by atoms with Gasteiger partial charge in [-0.05, 0) is 56.8 Å². The molecule has 1 aliphatic carbocycles. The Labute approximate surface area is 117 Å². The zero-order chi connectivity index (χ0) is 13.2. The maximum Gasteiger partial charge on any atom is 0.0445 e. The maximum absolute atomic E-state index is 9.30. The van der Waals surface area contributed by atoms with Crippen molar-refractivity contribution < 1.29 is 5.11 Å². The van der Waals surface area contributed by atoms with Crippen LogP contribution in [0.3, 0.4) is 0 Å². The van der Waals surface area contributed by atoms with Crippen LogP contribution in [0.1, 0.15) is 57.8 Å². The van der Waals surface area contributed by atoms with Gasteiger partial charge in [0.05, 0.1) is 0 Å². The fraction of sp³-hybridized carbons (Fsp3) is 0.882. The van der Waals surface area contributed by atoms with Gasteiger partial charge in [-0.3, -0.25) is 4.90 Å². The van der Waals surface area contributed by atoms with Crippen molar-refractivity contribution in [2.24, 2.45) is 11.8 Å². The highest BCUT2D eigenvalue weighted by atomic mass is 16.3. The lowest BCUT2D eigenvalue weighted by atomic mass is 9.69. The Morgan fingerprint density at radius 2 is 1.95 bits per heavy atom. The van der Waals surface area contributed by atoms with Gasteiger partial charge in [-0.1, -0.05) is 6.42 Å². The number of piperidine rings is 1. The van der Waals surface area contributed by atoms with Crippen LogP contribution in [0, 0.1) is 24.2 Å². The summed E-state index contributed by atoms with van der Waals surface area (Å²) in [4.78, 5) is 2.81. The quantitative estimate of drug-likeness (QED) is 0.790. The SMILES string of the molecule is C#CC[C@@H]1CCC[C@@H]2[C@H]1CC[C@H]1CC[C@@H](CCO)N12. The summed E-state index contributed by atoms with van der Waals surface area (Å²) in [5.74, 6) is 4.51. The predicted molar refractivity (Wildman–Crippen MR) is 77.7 cm³/mol. The van der Waals surface area contributed by atoms with Crippen molar-refractivity contribution in [3.8, 4) is 12.3 Å². The average molecular weight is 261 g/mol. The van der Waals surface area contributed by atoms with Gasteiger partial charge < -0.3 is 5.11 Å². The second-order valence-electron chi connectivity index (χ2n) is 6.75. The van der Waals surface area contributed by atoms with Crippen molar-refractivity contribution in [2.45, 2.75) is 75.9 Å². The first kappa shape index (κ1) is 13.5. The lowest BCUT2D eigenvalue weighted by Crippen LogP contribution is -2.54. The average Bonchev–Trinajstić information content (AvgIpc) is 2.84. The molecule has 1 N–H and O–H groups in total. The van der Waals surface area contributed by atoms with E-state index in [0.717, 1.165) is 36.8 Å². The molecule has 0 aromatic carbocycles. The lowest BCUT2D eigenvalue weighted by Gasteiger charge is -2.51. The van der Waals surface area contributed by atoms with Crippen LogP contribution in [-0.2, 0) is 0 Å². The van der Waals surface area contributed by atoms with Crippen LogP contribution in [0.4, 0.5) is 0 Å². The first-order valence-electron chi connectivity index (χ1n) is 8.17. The number of nitrogens with zero attached hydrogens (tertiary/aromatic N) is 1. The van der Waals surface area contributed by atoms with Crippen LogP contribution in [-0.4, -0.2) is 34.7 Å². The highest BCUT2D eigenvalue weighted by Gasteiger charge is 2.47. The first-order valence-corrected chi connectivity index (χ1v) is 8.17. The van der Waals surface area contributed by atoms with Crippen LogP contribution in [0.5, 0.6) is 0 Å². The molecule has 0 aromatic rings. The van der Waals surface area contributed by atoms with Crippen molar-refractivity contribution in [1.29, 1.82) is 0 Å². The standard InChI is InChI=1S/C17H27NO/c1-2-4-13-5-3-6-17-16(13)10-9-14-7-8-15(11-12-19)18(14)17/h1,13-17,19H,3-12H2/t13-,14-,15+,16+,17-/m1/s1. The molecular formula is C17H27NO. The molecule has 0 spiro atoms. The molecule has 3 rings (SSSR count). The van der Waals surface area contributed by atoms with Crippen molar-refractivity contribution in [2.75, 3.05) is 6.61 Å². The van der Waals surface area contributed by atoms with E-state index >= 15 is 0 Å². The van der Waals surface area contributed by atoms with Gasteiger partial charge >= 0.3 is 0 Å². The van der Waals surface area contributed by atoms with Crippen LogP contribution in [0.15, 0.2) is 0 Å². The molecule has 3 aliphatic rings. The minimum atomic E-state index is 0.346. The van der Waals surface area contributed by atoms with Crippen molar-refractivity contribution in [1.82, 2.24) is 4.90 Å². The number of aliphatic hydroxyl groups is 1. The molecule has 2 heterocycles. The summed E-state index contributed by atoms with van der Waals surface area (Å²) in [6.07, 6.45) is 17.0. The van der Waals surface area contributed by atoms with Crippen molar-refractivity contribution in [3.63, 3.8) is 0 Å². The van der Waals surface area contributed by atoms with Crippen molar-refractivity contribution >= 4 is 0 Å². The predicted octanol–water partition coefficient (Wildman–Crippen LogP) is 2.80. The lowest BCUT2D eigenvalue weighted by molar-refractivity contribution is -0.0161. The van der Waals surface area contributed by atoms with Gasteiger partial charge in [-0.25, -0.2) is 0 Å². The first-order chi connectivity index (χ1) is 9.35. The number of rotatable bonds is 3. The van der Waals surface area contributed by atoms with Gasteiger partial charge in [0.25, 0.3) is 0 Å². The third kappa shape index (κ3) is 2.43. The molecule has 0 aromatic heterocycles. The second kappa shape index (κ2) is 5.85. The highest BCUT2D eigenvalue weighted by Crippen LogP contribution is 2.47. The normalized spacial score (nSPS) is 42.4.